The molecule has 100 valence electrons. The largest absolute Gasteiger partial charge is 0.370 e. The van der Waals surface area contributed by atoms with Crippen LogP contribution in [-0.2, 0) is 6.54 Å². The van der Waals surface area contributed by atoms with Crippen molar-refractivity contribution < 1.29 is 4.39 Å². The second-order valence-electron chi connectivity index (χ2n) is 3.79. The molecule has 0 saturated heterocycles. The molecule has 0 spiro atoms. The fourth-order valence-corrected chi connectivity index (χ4v) is 1.69. The van der Waals surface area contributed by atoms with Crippen LogP contribution in [0.25, 0.3) is 0 Å². The Morgan fingerprint density at radius 3 is 2.72 bits per heavy atom. The molecule has 0 atom stereocenters. The summed E-state index contributed by atoms with van der Waals surface area (Å²) in [5.41, 5.74) is 7.37. The van der Waals surface area contributed by atoms with E-state index in [-0.39, 0.29) is 29.8 Å². The highest BCUT2D eigenvalue weighted by Crippen LogP contribution is 2.15. The van der Waals surface area contributed by atoms with Gasteiger partial charge < -0.3 is 11.1 Å². The highest BCUT2D eigenvalue weighted by Gasteiger charge is 1.99. The van der Waals surface area contributed by atoms with E-state index in [4.69, 9.17) is 5.73 Å². The van der Waals surface area contributed by atoms with Crippen molar-refractivity contribution in [3.05, 3.63) is 46.2 Å². The van der Waals surface area contributed by atoms with Crippen molar-refractivity contribution in [2.24, 2.45) is 10.7 Å². The van der Waals surface area contributed by atoms with Crippen molar-refractivity contribution in [3.8, 4) is 0 Å². The van der Waals surface area contributed by atoms with E-state index in [1.54, 1.807) is 6.07 Å². The van der Waals surface area contributed by atoms with Gasteiger partial charge in [-0.1, -0.05) is 28.1 Å². The molecule has 18 heavy (non-hydrogen) atoms. The van der Waals surface area contributed by atoms with Gasteiger partial charge in [0, 0.05) is 11.0 Å². The number of rotatable bonds is 4. The van der Waals surface area contributed by atoms with Gasteiger partial charge in [-0.05, 0) is 30.7 Å². The summed E-state index contributed by atoms with van der Waals surface area (Å²) in [5, 5.41) is 2.90. The monoisotopic (exact) mass is 427 g/mol. The van der Waals surface area contributed by atoms with Crippen molar-refractivity contribution >= 4 is 45.9 Å². The lowest BCUT2D eigenvalue weighted by atomic mass is 10.2. The molecule has 0 heterocycles. The number of nitrogens with one attached hydrogen (secondary N) is 1. The Morgan fingerprint density at radius 1 is 1.50 bits per heavy atom. The highest BCUT2D eigenvalue weighted by atomic mass is 127. The van der Waals surface area contributed by atoms with Gasteiger partial charge in [-0.25, -0.2) is 9.38 Å². The van der Waals surface area contributed by atoms with Gasteiger partial charge >= 0.3 is 0 Å². The number of aliphatic imine (C=N–C) groups is 1. The van der Waals surface area contributed by atoms with Crippen LogP contribution in [0, 0.1) is 5.82 Å². The third kappa shape index (κ3) is 6.95. The van der Waals surface area contributed by atoms with Gasteiger partial charge in [0.1, 0.15) is 5.82 Å². The fourth-order valence-electron chi connectivity index (χ4n) is 1.18. The van der Waals surface area contributed by atoms with Gasteiger partial charge in [-0.15, -0.1) is 24.0 Å². The minimum absolute atomic E-state index is 0. The first-order valence-electron chi connectivity index (χ1n) is 5.10. The lowest BCUT2D eigenvalue weighted by Gasteiger charge is -2.05. The van der Waals surface area contributed by atoms with Gasteiger partial charge in [0.15, 0.2) is 5.96 Å². The quantitative estimate of drug-likeness (QED) is 0.335. The minimum Gasteiger partial charge on any atom is -0.370 e. The average molecular weight is 428 g/mol. The molecule has 6 heteroatoms. The van der Waals surface area contributed by atoms with E-state index in [0.29, 0.717) is 23.5 Å². The van der Waals surface area contributed by atoms with Crippen LogP contribution in [0.3, 0.4) is 0 Å². The van der Waals surface area contributed by atoms with Gasteiger partial charge in [0.2, 0.25) is 0 Å². The van der Waals surface area contributed by atoms with E-state index in [0.717, 1.165) is 11.1 Å². The van der Waals surface area contributed by atoms with Crippen LogP contribution in [0.5, 0.6) is 0 Å². The molecule has 0 saturated carbocycles. The van der Waals surface area contributed by atoms with Crippen LogP contribution in [-0.4, -0.2) is 12.5 Å². The summed E-state index contributed by atoms with van der Waals surface area (Å²) in [6.45, 7) is 6.56. The molecular formula is C12H16BrFIN3. The molecule has 3 nitrogen and oxygen atoms in total. The van der Waals surface area contributed by atoms with Gasteiger partial charge in [0.25, 0.3) is 0 Å². The first-order valence-corrected chi connectivity index (χ1v) is 5.90. The Balaban J connectivity index is 0.00000289. The van der Waals surface area contributed by atoms with Crippen molar-refractivity contribution in [2.45, 2.75) is 13.5 Å². The molecule has 0 radical (unpaired) electrons. The SMILES string of the molecule is C=C(C)CNC(N)=NCc1cc(F)cc(Br)c1.I. The third-order valence-corrected chi connectivity index (χ3v) is 2.38. The predicted molar refractivity (Wildman–Crippen MR) is 87.7 cm³/mol. The topological polar surface area (TPSA) is 50.4 Å². The number of halogens is 3. The summed E-state index contributed by atoms with van der Waals surface area (Å²) in [7, 11) is 0. The number of guanidine groups is 1. The number of hydrogen-bond donors (Lipinski definition) is 2. The lowest BCUT2D eigenvalue weighted by molar-refractivity contribution is 0.624. The van der Waals surface area contributed by atoms with E-state index in [2.05, 4.69) is 32.8 Å². The summed E-state index contributed by atoms with van der Waals surface area (Å²) in [6, 6.07) is 4.63. The summed E-state index contributed by atoms with van der Waals surface area (Å²) in [5.74, 6) is 0.0337. The zero-order chi connectivity index (χ0) is 12.8. The van der Waals surface area contributed by atoms with Crippen molar-refractivity contribution in [2.75, 3.05) is 6.54 Å². The highest BCUT2D eigenvalue weighted by molar-refractivity contribution is 14.0. The zero-order valence-corrected chi connectivity index (χ0v) is 14.0. The molecule has 0 aliphatic rings. The summed E-state index contributed by atoms with van der Waals surface area (Å²) in [6.07, 6.45) is 0. The summed E-state index contributed by atoms with van der Waals surface area (Å²) in [4.78, 5) is 4.10. The lowest BCUT2D eigenvalue weighted by Crippen LogP contribution is -2.32. The predicted octanol–water partition coefficient (Wildman–Crippen LogP) is 3.19. The van der Waals surface area contributed by atoms with Crippen LogP contribution >= 0.6 is 39.9 Å². The van der Waals surface area contributed by atoms with Crippen LogP contribution in [0.15, 0.2) is 39.8 Å². The molecular weight excluding hydrogens is 412 g/mol. The molecule has 0 aliphatic heterocycles. The molecule has 0 fully saturated rings. The maximum atomic E-state index is 13.1. The number of hydrogen-bond acceptors (Lipinski definition) is 1. The van der Waals surface area contributed by atoms with Gasteiger partial charge in [-0.2, -0.15) is 0 Å². The molecule has 0 aromatic heterocycles. The molecule has 1 aromatic carbocycles. The Bertz CT molecular complexity index is 429. The van der Waals surface area contributed by atoms with E-state index in [9.17, 15) is 4.39 Å². The van der Waals surface area contributed by atoms with Crippen LogP contribution in [0.2, 0.25) is 0 Å². The van der Waals surface area contributed by atoms with Crippen molar-refractivity contribution in [1.82, 2.24) is 5.32 Å². The average Bonchev–Trinajstić information content (AvgIpc) is 2.22. The second kappa shape index (κ2) is 8.47. The third-order valence-electron chi connectivity index (χ3n) is 1.93. The van der Waals surface area contributed by atoms with E-state index in [1.807, 2.05) is 6.92 Å². The zero-order valence-electron chi connectivity index (χ0n) is 10.0. The normalized spacial score (nSPS) is 10.7. The van der Waals surface area contributed by atoms with Gasteiger partial charge in [-0.3, -0.25) is 0 Å². The molecule has 3 N–H and O–H groups in total. The van der Waals surface area contributed by atoms with Crippen LogP contribution in [0.4, 0.5) is 4.39 Å². The first kappa shape index (κ1) is 17.4. The maximum Gasteiger partial charge on any atom is 0.189 e. The molecule has 0 unspecified atom stereocenters. The Kier molecular flexibility index (Phi) is 8.17. The number of nitrogens with zero attached hydrogens (tertiary/aromatic N) is 1. The molecule has 1 aromatic rings. The molecule has 0 bridgehead atoms. The summed E-state index contributed by atoms with van der Waals surface area (Å²) < 4.78 is 13.8. The van der Waals surface area contributed by atoms with E-state index >= 15 is 0 Å². The number of nitrogens with two attached hydrogens (primary N) is 1. The molecule has 0 aliphatic carbocycles. The molecule has 1 rings (SSSR count). The Labute approximate surface area is 132 Å². The second-order valence-corrected chi connectivity index (χ2v) is 4.71. The molecule has 0 amide bonds. The van der Waals surface area contributed by atoms with E-state index < -0.39 is 0 Å². The van der Waals surface area contributed by atoms with Crippen LogP contribution in [0.1, 0.15) is 12.5 Å². The van der Waals surface area contributed by atoms with Crippen molar-refractivity contribution in [3.63, 3.8) is 0 Å². The standard InChI is InChI=1S/C12H15BrFN3.HI/c1-8(2)6-16-12(15)17-7-9-3-10(13)5-11(14)4-9;/h3-5H,1,6-7H2,2H3,(H3,15,16,17);1H. The minimum atomic E-state index is -0.293. The Morgan fingerprint density at radius 2 is 2.17 bits per heavy atom. The van der Waals surface area contributed by atoms with Gasteiger partial charge in [0.05, 0.1) is 6.54 Å². The van der Waals surface area contributed by atoms with Crippen LogP contribution < -0.4 is 11.1 Å². The van der Waals surface area contributed by atoms with Crippen molar-refractivity contribution in [1.29, 1.82) is 0 Å². The summed E-state index contributed by atoms with van der Waals surface area (Å²) >= 11 is 3.22. The number of benzene rings is 1. The maximum absolute atomic E-state index is 13.1. The Hall–Kier alpha value is -0.630. The smallest absolute Gasteiger partial charge is 0.189 e. The van der Waals surface area contributed by atoms with E-state index in [1.165, 1.54) is 12.1 Å². The fraction of sp³-hybridized carbons (Fsp3) is 0.250. The first-order chi connectivity index (χ1) is 7.97.